The molecule has 0 saturated heterocycles. The number of methoxy groups -OCH3 is 1. The number of para-hydroxylation sites is 1. The predicted molar refractivity (Wildman–Crippen MR) is 122 cm³/mol. The summed E-state index contributed by atoms with van der Waals surface area (Å²) in [5, 5.41) is 3.49. The van der Waals surface area contributed by atoms with E-state index >= 15 is 0 Å². The fraction of sp³-hybridized carbons (Fsp3) is 0.115. The minimum atomic E-state index is -0.484. The topological polar surface area (TPSA) is 51.5 Å². The van der Waals surface area contributed by atoms with E-state index in [9.17, 15) is 9.18 Å². The number of nitrogens with one attached hydrogen (secondary N) is 1. The molecule has 0 saturated carbocycles. The second kappa shape index (κ2) is 8.48. The van der Waals surface area contributed by atoms with E-state index in [0.29, 0.717) is 16.9 Å². The van der Waals surface area contributed by atoms with Crippen molar-refractivity contribution in [3.8, 4) is 16.9 Å². The highest BCUT2D eigenvalue weighted by atomic mass is 19.1. The molecule has 0 aliphatic heterocycles. The van der Waals surface area contributed by atoms with Gasteiger partial charge in [-0.05, 0) is 43.2 Å². The number of allylic oxidation sites excluding steroid dienone is 1. The summed E-state index contributed by atoms with van der Waals surface area (Å²) < 4.78 is 25.1. The van der Waals surface area contributed by atoms with E-state index in [0.717, 1.165) is 22.1 Å². The van der Waals surface area contributed by atoms with Crippen LogP contribution in [0.5, 0.6) is 5.75 Å². The van der Waals surface area contributed by atoms with Crippen molar-refractivity contribution in [1.82, 2.24) is 0 Å². The zero-order valence-corrected chi connectivity index (χ0v) is 17.5. The molecule has 0 aliphatic carbocycles. The Morgan fingerprint density at radius 3 is 2.55 bits per heavy atom. The molecular formula is C26H22FNO3. The van der Waals surface area contributed by atoms with Crippen LogP contribution in [0.2, 0.25) is 0 Å². The molecule has 0 bridgehead atoms. The molecule has 3 aromatic carbocycles. The van der Waals surface area contributed by atoms with Gasteiger partial charge in [-0.15, -0.1) is 0 Å². The van der Waals surface area contributed by atoms with Crippen LogP contribution in [0.4, 0.5) is 10.1 Å². The van der Waals surface area contributed by atoms with Crippen LogP contribution in [-0.2, 0) is 4.79 Å². The predicted octanol–water partition coefficient (Wildman–Crippen LogP) is 6.60. The maximum Gasteiger partial charge on any atom is 0.248 e. The van der Waals surface area contributed by atoms with Gasteiger partial charge in [-0.3, -0.25) is 4.79 Å². The fourth-order valence-electron chi connectivity index (χ4n) is 3.49. The van der Waals surface area contributed by atoms with Crippen molar-refractivity contribution < 1.29 is 18.3 Å². The molecule has 0 aliphatic rings. The Labute approximate surface area is 180 Å². The number of amides is 1. The average Bonchev–Trinajstić information content (AvgIpc) is 3.17. The number of aryl methyl sites for hydroxylation is 1. The minimum absolute atomic E-state index is 0.135. The lowest BCUT2D eigenvalue weighted by Gasteiger charge is -2.10. The molecule has 0 spiro atoms. The molecule has 1 N–H and O–H groups in total. The number of furan rings is 1. The number of ether oxygens (including phenoxy) is 1. The number of benzene rings is 3. The van der Waals surface area contributed by atoms with Crippen LogP contribution in [0.1, 0.15) is 18.1 Å². The van der Waals surface area contributed by atoms with E-state index in [4.69, 9.17) is 9.15 Å². The maximum absolute atomic E-state index is 13.8. The van der Waals surface area contributed by atoms with Gasteiger partial charge in [-0.25, -0.2) is 4.39 Å². The number of carbonyl (C=O) groups is 1. The van der Waals surface area contributed by atoms with Crippen molar-refractivity contribution in [2.45, 2.75) is 13.8 Å². The number of fused-ring (bicyclic) bond motifs is 1. The summed E-state index contributed by atoms with van der Waals surface area (Å²) in [7, 11) is 1.57. The molecule has 0 fully saturated rings. The van der Waals surface area contributed by atoms with E-state index in [1.165, 1.54) is 23.8 Å². The van der Waals surface area contributed by atoms with E-state index in [1.54, 1.807) is 25.5 Å². The van der Waals surface area contributed by atoms with E-state index in [1.807, 2.05) is 38.1 Å². The van der Waals surface area contributed by atoms with E-state index in [2.05, 4.69) is 17.4 Å². The fourth-order valence-corrected chi connectivity index (χ4v) is 3.49. The molecule has 1 amide bonds. The Balaban J connectivity index is 1.72. The number of anilines is 1. The molecule has 1 heterocycles. The van der Waals surface area contributed by atoms with Gasteiger partial charge in [0, 0.05) is 28.7 Å². The van der Waals surface area contributed by atoms with Gasteiger partial charge in [-0.2, -0.15) is 0 Å². The molecule has 4 rings (SSSR count). The molecule has 4 aromatic rings. The number of rotatable bonds is 5. The van der Waals surface area contributed by atoms with Crippen LogP contribution < -0.4 is 10.1 Å². The van der Waals surface area contributed by atoms with E-state index in [-0.39, 0.29) is 5.69 Å². The molecule has 31 heavy (non-hydrogen) atoms. The first-order valence-electron chi connectivity index (χ1n) is 9.86. The molecule has 0 radical (unpaired) electrons. The van der Waals surface area contributed by atoms with Crippen LogP contribution in [0.25, 0.3) is 27.7 Å². The van der Waals surface area contributed by atoms with Crippen molar-refractivity contribution in [3.63, 3.8) is 0 Å². The second-order valence-electron chi connectivity index (χ2n) is 7.36. The molecule has 1 aromatic heterocycles. The smallest absolute Gasteiger partial charge is 0.248 e. The third kappa shape index (κ3) is 4.21. The van der Waals surface area contributed by atoms with Crippen molar-refractivity contribution in [1.29, 1.82) is 0 Å². The molecule has 0 unspecified atom stereocenters. The summed E-state index contributed by atoms with van der Waals surface area (Å²) in [4.78, 5) is 12.5. The lowest BCUT2D eigenvalue weighted by molar-refractivity contribution is -0.111. The molecule has 0 atom stereocenters. The van der Waals surface area contributed by atoms with Crippen LogP contribution in [0, 0.1) is 12.7 Å². The van der Waals surface area contributed by atoms with Crippen molar-refractivity contribution in [3.05, 3.63) is 89.9 Å². The highest BCUT2D eigenvalue weighted by Gasteiger charge is 2.15. The molecule has 4 nitrogen and oxygen atoms in total. The van der Waals surface area contributed by atoms with Crippen LogP contribution in [-0.4, -0.2) is 13.0 Å². The normalized spacial score (nSPS) is 11.5. The summed E-state index contributed by atoms with van der Waals surface area (Å²) in [6.07, 6.45) is 3.16. The van der Waals surface area contributed by atoms with Crippen molar-refractivity contribution in [2.24, 2.45) is 0 Å². The summed E-state index contributed by atoms with van der Waals surface area (Å²) >= 11 is 0. The maximum atomic E-state index is 13.8. The number of hydrogen-bond acceptors (Lipinski definition) is 3. The molecule has 5 heteroatoms. The molecular weight excluding hydrogens is 393 g/mol. The number of hydrogen-bond donors (Lipinski definition) is 1. The quantitative estimate of drug-likeness (QED) is 0.374. The van der Waals surface area contributed by atoms with Crippen molar-refractivity contribution in [2.75, 3.05) is 12.4 Å². The summed E-state index contributed by atoms with van der Waals surface area (Å²) in [5.41, 5.74) is 5.45. The Kier molecular flexibility index (Phi) is 5.58. The van der Waals surface area contributed by atoms with Gasteiger partial charge in [0.1, 0.15) is 17.1 Å². The summed E-state index contributed by atoms with van der Waals surface area (Å²) in [5.74, 6) is -0.317. The van der Waals surface area contributed by atoms with Gasteiger partial charge in [0.15, 0.2) is 0 Å². The van der Waals surface area contributed by atoms with Crippen LogP contribution in [0.3, 0.4) is 0 Å². The zero-order chi connectivity index (χ0) is 22.0. The summed E-state index contributed by atoms with van der Waals surface area (Å²) in [6, 6.07) is 18.0. The van der Waals surface area contributed by atoms with E-state index < -0.39 is 11.7 Å². The Hall–Kier alpha value is -3.86. The lowest BCUT2D eigenvalue weighted by atomic mass is 9.99. The van der Waals surface area contributed by atoms with Gasteiger partial charge in [-0.1, -0.05) is 42.0 Å². The lowest BCUT2D eigenvalue weighted by Crippen LogP contribution is -2.10. The van der Waals surface area contributed by atoms with Crippen LogP contribution in [0.15, 0.2) is 77.4 Å². The second-order valence-corrected chi connectivity index (χ2v) is 7.36. The minimum Gasteiger partial charge on any atom is -0.496 e. The van der Waals surface area contributed by atoms with Gasteiger partial charge < -0.3 is 14.5 Å². The average molecular weight is 415 g/mol. The Morgan fingerprint density at radius 2 is 1.84 bits per heavy atom. The number of halogens is 1. The highest BCUT2D eigenvalue weighted by molar-refractivity contribution is 6.05. The standard InChI is InChI=1S/C26H22FNO3/c1-16-8-10-18(11-9-16)21-15-31-25-14-24(30-3)19(13-20(21)25)17(2)12-26(29)28-23-7-5-4-6-22(23)27/h4-15H,1-3H3,(H,28,29)/b17-12+. The Bertz CT molecular complexity index is 1290. The Morgan fingerprint density at radius 1 is 1.10 bits per heavy atom. The van der Waals surface area contributed by atoms with Gasteiger partial charge in [0.25, 0.3) is 0 Å². The monoisotopic (exact) mass is 415 g/mol. The zero-order valence-electron chi connectivity index (χ0n) is 17.5. The number of carbonyl (C=O) groups excluding carboxylic acids is 1. The summed E-state index contributed by atoms with van der Waals surface area (Å²) in [6.45, 7) is 3.86. The van der Waals surface area contributed by atoms with Gasteiger partial charge in [0.05, 0.1) is 19.1 Å². The third-order valence-corrected chi connectivity index (χ3v) is 5.16. The highest BCUT2D eigenvalue weighted by Crippen LogP contribution is 2.37. The third-order valence-electron chi connectivity index (χ3n) is 5.16. The van der Waals surface area contributed by atoms with Gasteiger partial charge >= 0.3 is 0 Å². The first-order chi connectivity index (χ1) is 15.0. The van der Waals surface area contributed by atoms with Gasteiger partial charge in [0.2, 0.25) is 5.91 Å². The van der Waals surface area contributed by atoms with Crippen molar-refractivity contribution >= 4 is 28.1 Å². The molecule has 156 valence electrons. The van der Waals surface area contributed by atoms with Crippen LogP contribution >= 0.6 is 0 Å². The SMILES string of the molecule is COc1cc2occ(-c3ccc(C)cc3)c2cc1/C(C)=C/C(=O)Nc1ccccc1F. The first-order valence-corrected chi connectivity index (χ1v) is 9.86. The first kappa shape index (κ1) is 20.4. The largest absolute Gasteiger partial charge is 0.496 e.